The van der Waals surface area contributed by atoms with E-state index in [1.165, 1.54) is 0 Å². The van der Waals surface area contributed by atoms with Crippen LogP contribution in [-0.2, 0) is 0 Å². The second-order valence-corrected chi connectivity index (χ2v) is 4.48. The van der Waals surface area contributed by atoms with Crippen LogP contribution in [0, 0.1) is 6.92 Å². The van der Waals surface area contributed by atoms with Gasteiger partial charge in [-0.25, -0.2) is 0 Å². The summed E-state index contributed by atoms with van der Waals surface area (Å²) >= 11 is 0. The van der Waals surface area contributed by atoms with Gasteiger partial charge < -0.3 is 14.2 Å². The fraction of sp³-hybridized carbons (Fsp3) is 0.235. The van der Waals surface area contributed by atoms with Crippen LogP contribution in [0.3, 0.4) is 0 Å². The molecule has 0 fully saturated rings. The zero-order valence-electron chi connectivity index (χ0n) is 12.2. The minimum Gasteiger partial charge on any atom is -0.497 e. The fourth-order valence-electron chi connectivity index (χ4n) is 1.89. The largest absolute Gasteiger partial charge is 0.497 e. The minimum atomic E-state index is 0.350. The molecule has 0 unspecified atom stereocenters. The van der Waals surface area contributed by atoms with Gasteiger partial charge >= 0.3 is 0 Å². The maximum absolute atomic E-state index is 11.0. The molecule has 0 bridgehead atoms. The third kappa shape index (κ3) is 3.99. The van der Waals surface area contributed by atoms with Crippen molar-refractivity contribution in [3.8, 4) is 17.2 Å². The maximum atomic E-state index is 11.0. The SMILES string of the molecule is COc1ccc(C=O)c(OCCOc2ccccc2C)c1. The summed E-state index contributed by atoms with van der Waals surface area (Å²) in [5.41, 5.74) is 1.57. The summed E-state index contributed by atoms with van der Waals surface area (Å²) in [7, 11) is 1.57. The lowest BCUT2D eigenvalue weighted by Crippen LogP contribution is -2.10. The fourth-order valence-corrected chi connectivity index (χ4v) is 1.89. The Bertz CT molecular complexity index is 607. The minimum absolute atomic E-state index is 0.350. The van der Waals surface area contributed by atoms with E-state index >= 15 is 0 Å². The number of para-hydroxylation sites is 1. The highest BCUT2D eigenvalue weighted by Gasteiger charge is 2.05. The predicted molar refractivity (Wildman–Crippen MR) is 80.6 cm³/mol. The first-order valence-electron chi connectivity index (χ1n) is 6.69. The van der Waals surface area contributed by atoms with Crippen molar-refractivity contribution in [1.29, 1.82) is 0 Å². The van der Waals surface area contributed by atoms with E-state index in [9.17, 15) is 4.79 Å². The van der Waals surface area contributed by atoms with Gasteiger partial charge in [0.25, 0.3) is 0 Å². The van der Waals surface area contributed by atoms with Crippen LogP contribution < -0.4 is 14.2 Å². The van der Waals surface area contributed by atoms with Crippen molar-refractivity contribution >= 4 is 6.29 Å². The molecule has 0 aromatic heterocycles. The van der Waals surface area contributed by atoms with Crippen molar-refractivity contribution < 1.29 is 19.0 Å². The molecule has 0 N–H and O–H groups in total. The standard InChI is InChI=1S/C17H18O4/c1-13-5-3-4-6-16(13)20-9-10-21-17-11-15(19-2)8-7-14(17)12-18/h3-8,11-12H,9-10H2,1-2H3. The normalized spacial score (nSPS) is 10.0. The van der Waals surface area contributed by atoms with Crippen LogP contribution in [0.4, 0.5) is 0 Å². The van der Waals surface area contributed by atoms with Gasteiger partial charge in [0.15, 0.2) is 6.29 Å². The van der Waals surface area contributed by atoms with E-state index in [0.717, 1.165) is 17.6 Å². The Labute approximate surface area is 124 Å². The van der Waals surface area contributed by atoms with Gasteiger partial charge in [0.05, 0.1) is 12.7 Å². The number of aldehydes is 1. The van der Waals surface area contributed by atoms with Crippen molar-refractivity contribution in [2.45, 2.75) is 6.92 Å². The summed E-state index contributed by atoms with van der Waals surface area (Å²) in [6.07, 6.45) is 0.761. The Kier molecular flexibility index (Phi) is 5.21. The van der Waals surface area contributed by atoms with Gasteiger partial charge in [0.1, 0.15) is 30.5 Å². The van der Waals surface area contributed by atoms with Gasteiger partial charge in [0.2, 0.25) is 0 Å². The molecule has 110 valence electrons. The number of aryl methyl sites for hydroxylation is 1. The second kappa shape index (κ2) is 7.33. The van der Waals surface area contributed by atoms with E-state index in [2.05, 4.69) is 0 Å². The van der Waals surface area contributed by atoms with Crippen LogP contribution in [0.5, 0.6) is 17.2 Å². The van der Waals surface area contributed by atoms with Crippen LogP contribution in [0.15, 0.2) is 42.5 Å². The van der Waals surface area contributed by atoms with Gasteiger partial charge in [-0.2, -0.15) is 0 Å². The Balaban J connectivity index is 1.91. The first-order valence-corrected chi connectivity index (χ1v) is 6.69. The van der Waals surface area contributed by atoms with Gasteiger partial charge in [-0.1, -0.05) is 18.2 Å². The van der Waals surface area contributed by atoms with E-state index in [-0.39, 0.29) is 0 Å². The number of hydrogen-bond acceptors (Lipinski definition) is 4. The number of carbonyl (C=O) groups excluding carboxylic acids is 1. The number of carbonyl (C=O) groups is 1. The summed E-state index contributed by atoms with van der Waals surface area (Å²) in [6.45, 7) is 2.74. The molecule has 0 aliphatic heterocycles. The molecule has 2 aromatic rings. The molecule has 0 saturated carbocycles. The highest BCUT2D eigenvalue weighted by molar-refractivity contribution is 5.79. The van der Waals surface area contributed by atoms with Crippen LogP contribution in [-0.4, -0.2) is 26.6 Å². The molecule has 0 atom stereocenters. The summed E-state index contributed by atoms with van der Waals surface area (Å²) in [6, 6.07) is 12.9. The molecule has 0 aliphatic rings. The number of rotatable bonds is 7. The van der Waals surface area contributed by atoms with Gasteiger partial charge in [-0.15, -0.1) is 0 Å². The van der Waals surface area contributed by atoms with E-state index < -0.39 is 0 Å². The van der Waals surface area contributed by atoms with E-state index in [4.69, 9.17) is 14.2 Å². The molecular weight excluding hydrogens is 268 g/mol. The Hall–Kier alpha value is -2.49. The van der Waals surface area contributed by atoms with Gasteiger partial charge in [0, 0.05) is 6.07 Å². The summed E-state index contributed by atoms with van der Waals surface area (Å²) in [4.78, 5) is 11.0. The predicted octanol–water partition coefficient (Wildman–Crippen LogP) is 3.27. The Morgan fingerprint density at radius 3 is 2.38 bits per heavy atom. The van der Waals surface area contributed by atoms with Crippen molar-refractivity contribution in [2.75, 3.05) is 20.3 Å². The van der Waals surface area contributed by atoms with E-state index in [1.54, 1.807) is 25.3 Å². The smallest absolute Gasteiger partial charge is 0.153 e. The zero-order valence-corrected chi connectivity index (χ0v) is 12.2. The molecule has 0 heterocycles. The third-order valence-corrected chi connectivity index (χ3v) is 3.04. The topological polar surface area (TPSA) is 44.8 Å². The van der Waals surface area contributed by atoms with Crippen LogP contribution >= 0.6 is 0 Å². The molecule has 21 heavy (non-hydrogen) atoms. The quantitative estimate of drug-likeness (QED) is 0.579. The summed E-state index contributed by atoms with van der Waals surface area (Å²) in [5, 5.41) is 0. The number of hydrogen-bond donors (Lipinski definition) is 0. The van der Waals surface area contributed by atoms with Crippen LogP contribution in [0.25, 0.3) is 0 Å². The summed E-state index contributed by atoms with van der Waals surface area (Å²) in [5.74, 6) is 1.98. The number of benzene rings is 2. The molecule has 4 nitrogen and oxygen atoms in total. The molecule has 0 aliphatic carbocycles. The van der Waals surface area contributed by atoms with E-state index in [1.807, 2.05) is 31.2 Å². The third-order valence-electron chi connectivity index (χ3n) is 3.04. The second-order valence-electron chi connectivity index (χ2n) is 4.48. The lowest BCUT2D eigenvalue weighted by atomic mass is 10.2. The number of methoxy groups -OCH3 is 1. The molecule has 0 saturated heterocycles. The summed E-state index contributed by atoms with van der Waals surface area (Å²) < 4.78 is 16.4. The maximum Gasteiger partial charge on any atom is 0.153 e. The lowest BCUT2D eigenvalue weighted by Gasteiger charge is -2.12. The average Bonchev–Trinajstić information content (AvgIpc) is 2.52. The van der Waals surface area contributed by atoms with Crippen molar-refractivity contribution in [3.05, 3.63) is 53.6 Å². The van der Waals surface area contributed by atoms with Crippen molar-refractivity contribution in [2.24, 2.45) is 0 Å². The van der Waals surface area contributed by atoms with Crippen molar-refractivity contribution in [3.63, 3.8) is 0 Å². The molecule has 2 rings (SSSR count). The Morgan fingerprint density at radius 1 is 1.00 bits per heavy atom. The highest BCUT2D eigenvalue weighted by Crippen LogP contribution is 2.23. The van der Waals surface area contributed by atoms with Crippen LogP contribution in [0.1, 0.15) is 15.9 Å². The zero-order chi connectivity index (χ0) is 15.1. The Morgan fingerprint density at radius 2 is 1.71 bits per heavy atom. The van der Waals surface area contributed by atoms with Crippen LogP contribution in [0.2, 0.25) is 0 Å². The van der Waals surface area contributed by atoms with E-state index in [0.29, 0.717) is 30.3 Å². The molecule has 0 radical (unpaired) electrons. The van der Waals surface area contributed by atoms with Crippen molar-refractivity contribution in [1.82, 2.24) is 0 Å². The molecule has 0 spiro atoms. The monoisotopic (exact) mass is 286 g/mol. The highest BCUT2D eigenvalue weighted by atomic mass is 16.5. The first kappa shape index (κ1) is 14.9. The molecule has 4 heteroatoms. The molecule has 0 amide bonds. The van der Waals surface area contributed by atoms with Gasteiger partial charge in [-0.05, 0) is 30.7 Å². The lowest BCUT2D eigenvalue weighted by molar-refractivity contribution is 0.111. The molecular formula is C17H18O4. The number of ether oxygens (including phenoxy) is 3. The first-order chi connectivity index (χ1) is 10.2. The molecule has 2 aromatic carbocycles. The van der Waals surface area contributed by atoms with Gasteiger partial charge in [-0.3, -0.25) is 4.79 Å². The average molecular weight is 286 g/mol.